The van der Waals surface area contributed by atoms with Crippen LogP contribution in [0.5, 0.6) is 0 Å². The van der Waals surface area contributed by atoms with E-state index in [2.05, 4.69) is 0 Å². The minimum Gasteiger partial charge on any atom is -0.451 e. The SMILES string of the molecule is COCc1c(C(=O)OCC(=O)c2ccc(F)c(F)c2)oc2ccccc12. The molecule has 3 aromatic rings. The zero-order chi connectivity index (χ0) is 18.7. The maximum absolute atomic E-state index is 13.2. The molecule has 1 aromatic heterocycles. The van der Waals surface area contributed by atoms with E-state index in [4.69, 9.17) is 13.9 Å². The number of esters is 1. The first-order valence-electron chi connectivity index (χ1n) is 7.66. The summed E-state index contributed by atoms with van der Waals surface area (Å²) >= 11 is 0. The van der Waals surface area contributed by atoms with Crippen LogP contribution in [0.3, 0.4) is 0 Å². The van der Waals surface area contributed by atoms with Gasteiger partial charge in [-0.3, -0.25) is 4.79 Å². The summed E-state index contributed by atoms with van der Waals surface area (Å²) in [7, 11) is 1.48. The summed E-state index contributed by atoms with van der Waals surface area (Å²) in [5.74, 6) is -3.79. The Labute approximate surface area is 147 Å². The van der Waals surface area contributed by atoms with Crippen LogP contribution < -0.4 is 0 Å². The van der Waals surface area contributed by atoms with Gasteiger partial charge in [-0.1, -0.05) is 18.2 Å². The number of furan rings is 1. The van der Waals surface area contributed by atoms with Gasteiger partial charge in [0, 0.05) is 23.6 Å². The maximum Gasteiger partial charge on any atom is 0.375 e. The van der Waals surface area contributed by atoms with E-state index in [1.165, 1.54) is 7.11 Å². The number of hydrogen-bond acceptors (Lipinski definition) is 5. The van der Waals surface area contributed by atoms with Crippen molar-refractivity contribution < 1.29 is 32.3 Å². The monoisotopic (exact) mass is 360 g/mol. The van der Waals surface area contributed by atoms with Gasteiger partial charge in [0.05, 0.1) is 6.61 Å². The molecular weight excluding hydrogens is 346 g/mol. The van der Waals surface area contributed by atoms with Crippen molar-refractivity contribution in [3.63, 3.8) is 0 Å². The molecule has 0 aliphatic heterocycles. The molecule has 0 radical (unpaired) electrons. The fourth-order valence-electron chi connectivity index (χ4n) is 2.50. The minimum atomic E-state index is -1.15. The van der Waals surface area contributed by atoms with Gasteiger partial charge in [0.25, 0.3) is 0 Å². The van der Waals surface area contributed by atoms with Gasteiger partial charge in [0.1, 0.15) is 5.58 Å². The van der Waals surface area contributed by atoms with Gasteiger partial charge in [0.15, 0.2) is 24.0 Å². The van der Waals surface area contributed by atoms with Crippen molar-refractivity contribution in [1.82, 2.24) is 0 Å². The van der Waals surface area contributed by atoms with Crippen molar-refractivity contribution >= 4 is 22.7 Å². The molecule has 0 aliphatic carbocycles. The molecule has 3 rings (SSSR count). The van der Waals surface area contributed by atoms with E-state index in [-0.39, 0.29) is 17.9 Å². The minimum absolute atomic E-state index is 0.0638. The van der Waals surface area contributed by atoms with Crippen LogP contribution in [0.25, 0.3) is 11.0 Å². The number of carbonyl (C=O) groups excluding carboxylic acids is 2. The highest BCUT2D eigenvalue weighted by Crippen LogP contribution is 2.27. The summed E-state index contributed by atoms with van der Waals surface area (Å²) < 4.78 is 41.7. The summed E-state index contributed by atoms with van der Waals surface area (Å²) in [5.41, 5.74) is 0.894. The van der Waals surface area contributed by atoms with Crippen LogP contribution in [0.15, 0.2) is 46.9 Å². The topological polar surface area (TPSA) is 65.7 Å². The number of Topliss-reactive ketones (excluding diaryl/α,β-unsaturated/α-hetero) is 1. The van der Waals surface area contributed by atoms with Crippen molar-refractivity contribution in [3.05, 3.63) is 71.0 Å². The predicted molar refractivity (Wildman–Crippen MR) is 87.9 cm³/mol. The van der Waals surface area contributed by atoms with E-state index in [1.807, 2.05) is 0 Å². The molecule has 0 aliphatic rings. The van der Waals surface area contributed by atoms with Crippen molar-refractivity contribution in [2.75, 3.05) is 13.7 Å². The Morgan fingerprint density at radius 1 is 1.08 bits per heavy atom. The molecule has 7 heteroatoms. The summed E-state index contributed by atoms with van der Waals surface area (Å²) in [5, 5.41) is 0.702. The van der Waals surface area contributed by atoms with Gasteiger partial charge in [0.2, 0.25) is 5.76 Å². The zero-order valence-corrected chi connectivity index (χ0v) is 13.8. The van der Waals surface area contributed by atoms with Gasteiger partial charge in [-0.05, 0) is 24.3 Å². The third-order valence-electron chi connectivity index (χ3n) is 3.75. The lowest BCUT2D eigenvalue weighted by molar-refractivity contribution is 0.0441. The average molecular weight is 360 g/mol. The predicted octanol–water partition coefficient (Wildman–Crippen LogP) is 3.90. The van der Waals surface area contributed by atoms with Gasteiger partial charge < -0.3 is 13.9 Å². The first-order chi connectivity index (χ1) is 12.5. The Kier molecular flexibility index (Phi) is 5.09. The third-order valence-corrected chi connectivity index (χ3v) is 3.75. The van der Waals surface area contributed by atoms with Crippen LogP contribution >= 0.6 is 0 Å². The molecule has 0 fully saturated rings. The number of ketones is 1. The smallest absolute Gasteiger partial charge is 0.375 e. The van der Waals surface area contributed by atoms with Crippen molar-refractivity contribution in [2.24, 2.45) is 0 Å². The molecule has 2 aromatic carbocycles. The van der Waals surface area contributed by atoms with Gasteiger partial charge in [-0.25, -0.2) is 13.6 Å². The Morgan fingerprint density at radius 3 is 2.58 bits per heavy atom. The summed E-state index contributed by atoms with van der Waals surface area (Å²) in [6, 6.07) is 9.71. The fraction of sp³-hybridized carbons (Fsp3) is 0.158. The second-order valence-corrected chi connectivity index (χ2v) is 5.47. The number of rotatable bonds is 6. The standard InChI is InChI=1S/C19H14F2O5/c1-24-9-13-12-4-2-3-5-17(12)26-18(13)19(23)25-10-16(22)11-6-7-14(20)15(21)8-11/h2-8H,9-10H2,1H3. The highest BCUT2D eigenvalue weighted by molar-refractivity contribution is 6.00. The van der Waals surface area contributed by atoms with Crippen LogP contribution in [0.4, 0.5) is 8.78 Å². The van der Waals surface area contributed by atoms with Gasteiger partial charge >= 0.3 is 5.97 Å². The van der Waals surface area contributed by atoms with Crippen molar-refractivity contribution in [1.29, 1.82) is 0 Å². The van der Waals surface area contributed by atoms with Crippen LogP contribution in [0.1, 0.15) is 26.5 Å². The van der Waals surface area contributed by atoms with Gasteiger partial charge in [-0.15, -0.1) is 0 Å². The molecule has 0 amide bonds. The van der Waals surface area contributed by atoms with E-state index in [0.29, 0.717) is 16.5 Å². The summed E-state index contributed by atoms with van der Waals surface area (Å²) in [4.78, 5) is 24.3. The molecule has 134 valence electrons. The van der Waals surface area contributed by atoms with Crippen LogP contribution in [0.2, 0.25) is 0 Å². The number of fused-ring (bicyclic) bond motifs is 1. The van der Waals surface area contributed by atoms with E-state index in [0.717, 1.165) is 18.2 Å². The highest BCUT2D eigenvalue weighted by Gasteiger charge is 2.23. The van der Waals surface area contributed by atoms with Crippen molar-refractivity contribution in [2.45, 2.75) is 6.61 Å². The lowest BCUT2D eigenvalue weighted by Crippen LogP contribution is -2.15. The number of para-hydroxylation sites is 1. The molecule has 5 nitrogen and oxygen atoms in total. The maximum atomic E-state index is 13.2. The molecule has 1 heterocycles. The number of halogens is 2. The largest absolute Gasteiger partial charge is 0.451 e. The molecule has 0 spiro atoms. The third kappa shape index (κ3) is 3.48. The number of carbonyl (C=O) groups is 2. The Morgan fingerprint density at radius 2 is 1.85 bits per heavy atom. The zero-order valence-electron chi connectivity index (χ0n) is 13.8. The molecule has 0 N–H and O–H groups in total. The van der Waals surface area contributed by atoms with Crippen molar-refractivity contribution in [3.8, 4) is 0 Å². The normalized spacial score (nSPS) is 10.9. The first kappa shape index (κ1) is 17.8. The van der Waals surface area contributed by atoms with Gasteiger partial charge in [-0.2, -0.15) is 0 Å². The number of benzene rings is 2. The highest BCUT2D eigenvalue weighted by atomic mass is 19.2. The number of ether oxygens (including phenoxy) is 2. The average Bonchev–Trinajstić information content (AvgIpc) is 3.01. The second-order valence-electron chi connectivity index (χ2n) is 5.47. The van der Waals surface area contributed by atoms with E-state index in [1.54, 1.807) is 24.3 Å². The van der Waals surface area contributed by atoms with E-state index >= 15 is 0 Å². The molecule has 26 heavy (non-hydrogen) atoms. The quantitative estimate of drug-likeness (QED) is 0.493. The molecule has 0 bridgehead atoms. The van der Waals surface area contributed by atoms with E-state index < -0.39 is 30.0 Å². The van der Waals surface area contributed by atoms with Crippen LogP contribution in [-0.2, 0) is 16.1 Å². The lowest BCUT2D eigenvalue weighted by Gasteiger charge is -2.05. The lowest BCUT2D eigenvalue weighted by atomic mass is 10.1. The van der Waals surface area contributed by atoms with E-state index in [9.17, 15) is 18.4 Å². The molecule has 0 saturated heterocycles. The van der Waals surface area contributed by atoms with Crippen LogP contribution in [0, 0.1) is 11.6 Å². The fourth-order valence-corrected chi connectivity index (χ4v) is 2.50. The molecule has 0 atom stereocenters. The first-order valence-corrected chi connectivity index (χ1v) is 7.66. The molecule has 0 unspecified atom stereocenters. The Balaban J connectivity index is 1.77. The number of hydrogen-bond donors (Lipinski definition) is 0. The summed E-state index contributed by atoms with van der Waals surface area (Å²) in [6.45, 7) is -0.508. The molecule has 0 saturated carbocycles. The number of methoxy groups -OCH3 is 1. The van der Waals surface area contributed by atoms with Crippen LogP contribution in [-0.4, -0.2) is 25.5 Å². The Hall–Kier alpha value is -3.06. The molecular formula is C19H14F2O5. The Bertz CT molecular complexity index is 977. The second kappa shape index (κ2) is 7.45. The summed E-state index contributed by atoms with van der Waals surface area (Å²) in [6.07, 6.45) is 0.